The smallest absolute Gasteiger partial charge is 0.356 e. The molecule has 0 bridgehead atoms. The summed E-state index contributed by atoms with van der Waals surface area (Å²) in [5, 5.41) is 16.6. The van der Waals surface area contributed by atoms with Crippen LogP contribution in [0.25, 0.3) is 16.9 Å². The van der Waals surface area contributed by atoms with E-state index in [1.807, 2.05) is 0 Å². The second kappa shape index (κ2) is 5.04. The minimum Gasteiger partial charge on any atom is -0.476 e. The van der Waals surface area contributed by atoms with Gasteiger partial charge in [0.05, 0.1) is 5.69 Å². The molecule has 1 aromatic carbocycles. The first kappa shape index (κ1) is 12.8. The molecular weight excluding hydrogens is 274 g/mol. The van der Waals surface area contributed by atoms with Gasteiger partial charge in [0, 0.05) is 17.7 Å². The largest absolute Gasteiger partial charge is 0.476 e. The van der Waals surface area contributed by atoms with E-state index in [4.69, 9.17) is 9.63 Å². The van der Waals surface area contributed by atoms with E-state index in [-0.39, 0.29) is 5.69 Å². The third kappa shape index (κ3) is 2.44. The molecule has 0 saturated heterocycles. The summed E-state index contributed by atoms with van der Waals surface area (Å²) in [5.74, 6) is -1.20. The van der Waals surface area contributed by atoms with Crippen molar-refractivity contribution >= 4 is 5.97 Å². The van der Waals surface area contributed by atoms with Gasteiger partial charge in [0.25, 0.3) is 5.56 Å². The van der Waals surface area contributed by atoms with Gasteiger partial charge in [-0.2, -0.15) is 9.78 Å². The molecule has 21 heavy (non-hydrogen) atoms. The SMILES string of the molecule is O=C(O)c1ccc(=O)n(-c2cccc(-c3ccon3)c2)n1. The monoisotopic (exact) mass is 283 g/mol. The number of aromatic carboxylic acids is 1. The highest BCUT2D eigenvalue weighted by molar-refractivity contribution is 5.84. The van der Waals surface area contributed by atoms with Crippen molar-refractivity contribution < 1.29 is 14.4 Å². The summed E-state index contributed by atoms with van der Waals surface area (Å²) in [6, 6.07) is 10.9. The molecule has 0 aliphatic heterocycles. The average Bonchev–Trinajstić information content (AvgIpc) is 3.02. The van der Waals surface area contributed by atoms with Gasteiger partial charge in [0.1, 0.15) is 12.0 Å². The van der Waals surface area contributed by atoms with Gasteiger partial charge in [0.15, 0.2) is 5.69 Å². The van der Waals surface area contributed by atoms with Gasteiger partial charge in [0.2, 0.25) is 0 Å². The fourth-order valence-corrected chi connectivity index (χ4v) is 1.87. The van der Waals surface area contributed by atoms with E-state index >= 15 is 0 Å². The molecule has 0 unspecified atom stereocenters. The van der Waals surface area contributed by atoms with E-state index in [0.717, 1.165) is 10.2 Å². The molecule has 7 nitrogen and oxygen atoms in total. The zero-order valence-corrected chi connectivity index (χ0v) is 10.6. The number of hydrogen-bond acceptors (Lipinski definition) is 5. The molecule has 7 heteroatoms. The van der Waals surface area contributed by atoms with Gasteiger partial charge < -0.3 is 9.63 Å². The number of rotatable bonds is 3. The Balaban J connectivity index is 2.13. The van der Waals surface area contributed by atoms with Crippen LogP contribution < -0.4 is 5.56 Å². The highest BCUT2D eigenvalue weighted by atomic mass is 16.5. The van der Waals surface area contributed by atoms with Crippen molar-refractivity contribution in [3.05, 3.63) is 64.8 Å². The Morgan fingerprint density at radius 2 is 2.05 bits per heavy atom. The molecule has 0 atom stereocenters. The molecule has 0 saturated carbocycles. The maximum Gasteiger partial charge on any atom is 0.356 e. The van der Waals surface area contributed by atoms with E-state index in [2.05, 4.69) is 10.3 Å². The molecule has 104 valence electrons. The Labute approximate surface area is 118 Å². The van der Waals surface area contributed by atoms with Gasteiger partial charge in [-0.3, -0.25) is 4.79 Å². The van der Waals surface area contributed by atoms with Crippen LogP contribution in [0.4, 0.5) is 0 Å². The highest BCUT2D eigenvalue weighted by Gasteiger charge is 2.10. The van der Waals surface area contributed by atoms with E-state index in [1.165, 1.54) is 18.4 Å². The minimum absolute atomic E-state index is 0.207. The number of benzene rings is 1. The van der Waals surface area contributed by atoms with Crippen molar-refractivity contribution in [2.45, 2.75) is 0 Å². The molecule has 3 aromatic rings. The topological polar surface area (TPSA) is 98.2 Å². The summed E-state index contributed by atoms with van der Waals surface area (Å²) in [7, 11) is 0. The molecule has 2 heterocycles. The lowest BCUT2D eigenvalue weighted by molar-refractivity contribution is 0.0688. The first-order valence-electron chi connectivity index (χ1n) is 6.00. The van der Waals surface area contributed by atoms with Crippen molar-refractivity contribution in [3.63, 3.8) is 0 Å². The molecule has 1 N–H and O–H groups in total. The summed E-state index contributed by atoms with van der Waals surface area (Å²) in [5.41, 5.74) is 1.16. The zero-order chi connectivity index (χ0) is 14.8. The molecule has 0 aliphatic carbocycles. The quantitative estimate of drug-likeness (QED) is 0.783. The lowest BCUT2D eigenvalue weighted by Crippen LogP contribution is -2.22. The summed E-state index contributed by atoms with van der Waals surface area (Å²) in [6.45, 7) is 0. The molecule has 0 spiro atoms. The Hall–Kier alpha value is -3.22. The summed E-state index contributed by atoms with van der Waals surface area (Å²) >= 11 is 0. The van der Waals surface area contributed by atoms with Crippen LogP contribution in [0.15, 0.2) is 58.0 Å². The highest BCUT2D eigenvalue weighted by Crippen LogP contribution is 2.19. The fraction of sp³-hybridized carbons (Fsp3) is 0. The summed E-state index contributed by atoms with van der Waals surface area (Å²) in [4.78, 5) is 22.8. The van der Waals surface area contributed by atoms with Gasteiger partial charge in [-0.1, -0.05) is 17.3 Å². The number of aromatic nitrogens is 3. The molecule has 0 aliphatic rings. The predicted octanol–water partition coefficient (Wildman–Crippen LogP) is 1.59. The summed E-state index contributed by atoms with van der Waals surface area (Å²) in [6.07, 6.45) is 1.44. The number of nitrogens with zero attached hydrogens (tertiary/aromatic N) is 3. The molecular formula is C14H9N3O4. The molecule has 0 amide bonds. The predicted molar refractivity (Wildman–Crippen MR) is 72.3 cm³/mol. The van der Waals surface area contributed by atoms with E-state index < -0.39 is 11.5 Å². The Morgan fingerprint density at radius 1 is 1.19 bits per heavy atom. The first-order valence-corrected chi connectivity index (χ1v) is 6.00. The second-order valence-corrected chi connectivity index (χ2v) is 4.21. The van der Waals surface area contributed by atoms with Crippen LogP contribution >= 0.6 is 0 Å². The van der Waals surface area contributed by atoms with Crippen molar-refractivity contribution in [2.75, 3.05) is 0 Å². The lowest BCUT2D eigenvalue weighted by atomic mass is 10.1. The van der Waals surface area contributed by atoms with Gasteiger partial charge in [-0.15, -0.1) is 0 Å². The average molecular weight is 283 g/mol. The van der Waals surface area contributed by atoms with Crippen molar-refractivity contribution in [1.29, 1.82) is 0 Å². The van der Waals surface area contributed by atoms with Crippen LogP contribution in [0, 0.1) is 0 Å². The third-order valence-corrected chi connectivity index (χ3v) is 2.84. The zero-order valence-electron chi connectivity index (χ0n) is 10.6. The second-order valence-electron chi connectivity index (χ2n) is 4.21. The Kier molecular flexibility index (Phi) is 3.07. The Morgan fingerprint density at radius 3 is 2.76 bits per heavy atom. The lowest BCUT2D eigenvalue weighted by Gasteiger charge is -2.06. The van der Waals surface area contributed by atoms with Crippen molar-refractivity contribution in [3.8, 4) is 16.9 Å². The van der Waals surface area contributed by atoms with Crippen LogP contribution in [0.1, 0.15) is 10.5 Å². The van der Waals surface area contributed by atoms with Crippen LogP contribution in [-0.4, -0.2) is 26.0 Å². The number of carboxylic acid groups (broad SMARTS) is 1. The minimum atomic E-state index is -1.20. The van der Waals surface area contributed by atoms with E-state index in [9.17, 15) is 9.59 Å². The number of carbonyl (C=O) groups is 1. The van der Waals surface area contributed by atoms with E-state index in [1.54, 1.807) is 30.3 Å². The van der Waals surface area contributed by atoms with E-state index in [0.29, 0.717) is 11.4 Å². The maximum absolute atomic E-state index is 11.9. The molecule has 2 aromatic heterocycles. The van der Waals surface area contributed by atoms with Crippen LogP contribution in [0.3, 0.4) is 0 Å². The Bertz CT molecular complexity index is 853. The van der Waals surface area contributed by atoms with Crippen LogP contribution in [0.2, 0.25) is 0 Å². The fourth-order valence-electron chi connectivity index (χ4n) is 1.87. The third-order valence-electron chi connectivity index (χ3n) is 2.84. The van der Waals surface area contributed by atoms with Gasteiger partial charge >= 0.3 is 5.97 Å². The van der Waals surface area contributed by atoms with Crippen LogP contribution in [-0.2, 0) is 0 Å². The summed E-state index contributed by atoms with van der Waals surface area (Å²) < 4.78 is 5.81. The van der Waals surface area contributed by atoms with Gasteiger partial charge in [-0.05, 0) is 18.2 Å². The molecule has 3 rings (SSSR count). The first-order chi connectivity index (χ1) is 10.1. The normalized spacial score (nSPS) is 10.5. The number of hydrogen-bond donors (Lipinski definition) is 1. The van der Waals surface area contributed by atoms with Crippen molar-refractivity contribution in [1.82, 2.24) is 14.9 Å². The molecule has 0 radical (unpaired) electrons. The van der Waals surface area contributed by atoms with Gasteiger partial charge in [-0.25, -0.2) is 4.79 Å². The number of carboxylic acids is 1. The van der Waals surface area contributed by atoms with Crippen LogP contribution in [0.5, 0.6) is 0 Å². The standard InChI is InChI=1S/C14H9N3O4/c18-13-5-4-12(14(19)20)15-17(13)10-3-1-2-9(8-10)11-6-7-21-16-11/h1-8H,(H,19,20). The maximum atomic E-state index is 11.9. The molecule has 0 fully saturated rings. The van der Waals surface area contributed by atoms with Crippen molar-refractivity contribution in [2.24, 2.45) is 0 Å².